The highest BCUT2D eigenvalue weighted by Crippen LogP contribution is 2.19. The lowest BCUT2D eigenvalue weighted by atomic mass is 10.1. The summed E-state index contributed by atoms with van der Waals surface area (Å²) in [6.45, 7) is 0.650. The molecule has 112 valence electrons. The van der Waals surface area contributed by atoms with E-state index in [9.17, 15) is 4.79 Å². The number of carbonyl (C=O) groups is 1. The number of hydrogen-bond donors (Lipinski definition) is 1. The minimum absolute atomic E-state index is 0.112. The van der Waals surface area contributed by atoms with Crippen LogP contribution in [0.1, 0.15) is 23.6 Å². The van der Waals surface area contributed by atoms with E-state index in [0.29, 0.717) is 13.0 Å². The summed E-state index contributed by atoms with van der Waals surface area (Å²) in [5.74, 6) is 0.112. The molecule has 0 saturated carbocycles. The van der Waals surface area contributed by atoms with Crippen molar-refractivity contribution in [3.8, 4) is 0 Å². The Balaban J connectivity index is 1.80. The summed E-state index contributed by atoms with van der Waals surface area (Å²) in [4.78, 5) is 14.1. The van der Waals surface area contributed by atoms with Crippen LogP contribution in [0.15, 0.2) is 47.2 Å². The standard InChI is InChI=1S/C17H22N2OS/c1-19(2)16(15-10-11-21-13-15)12-18-17(20)9-8-14-6-4-3-5-7-14/h3-7,10-11,13,16H,8-9,12H2,1-2H3,(H,18,20)/t16-/m1/s1. The molecule has 0 saturated heterocycles. The van der Waals surface area contributed by atoms with Gasteiger partial charge in [-0.3, -0.25) is 4.79 Å². The fourth-order valence-corrected chi connectivity index (χ4v) is 2.97. The summed E-state index contributed by atoms with van der Waals surface area (Å²) in [5.41, 5.74) is 2.46. The van der Waals surface area contributed by atoms with Crippen molar-refractivity contribution in [3.63, 3.8) is 0 Å². The number of likely N-dealkylation sites (N-methyl/N-ethyl adjacent to an activating group) is 1. The van der Waals surface area contributed by atoms with E-state index in [1.54, 1.807) is 11.3 Å². The van der Waals surface area contributed by atoms with E-state index in [0.717, 1.165) is 6.42 Å². The molecule has 4 heteroatoms. The van der Waals surface area contributed by atoms with Gasteiger partial charge in [-0.05, 0) is 48.5 Å². The van der Waals surface area contributed by atoms with Crippen molar-refractivity contribution < 1.29 is 4.79 Å². The molecule has 0 aliphatic heterocycles. The maximum Gasteiger partial charge on any atom is 0.220 e. The number of nitrogens with zero attached hydrogens (tertiary/aromatic N) is 1. The first-order valence-corrected chi connectivity index (χ1v) is 8.10. The number of nitrogens with one attached hydrogen (secondary N) is 1. The second kappa shape index (κ2) is 7.96. The second-order valence-corrected chi connectivity index (χ2v) is 6.11. The van der Waals surface area contributed by atoms with Crippen LogP contribution >= 0.6 is 11.3 Å². The van der Waals surface area contributed by atoms with Crippen LogP contribution < -0.4 is 5.32 Å². The Morgan fingerprint density at radius 1 is 1.24 bits per heavy atom. The minimum atomic E-state index is 0.112. The molecule has 1 aromatic carbocycles. The zero-order valence-corrected chi connectivity index (χ0v) is 13.4. The Morgan fingerprint density at radius 3 is 2.62 bits per heavy atom. The number of rotatable bonds is 7. The molecule has 1 amide bonds. The van der Waals surface area contributed by atoms with Crippen molar-refractivity contribution in [3.05, 3.63) is 58.3 Å². The summed E-state index contributed by atoms with van der Waals surface area (Å²) in [7, 11) is 4.08. The van der Waals surface area contributed by atoms with Crippen molar-refractivity contribution in [2.75, 3.05) is 20.6 Å². The molecule has 3 nitrogen and oxygen atoms in total. The van der Waals surface area contributed by atoms with Gasteiger partial charge in [0, 0.05) is 13.0 Å². The van der Waals surface area contributed by atoms with Crippen LogP contribution in [0.3, 0.4) is 0 Å². The number of thiophene rings is 1. The van der Waals surface area contributed by atoms with Crippen LogP contribution in [0.25, 0.3) is 0 Å². The number of benzene rings is 1. The lowest BCUT2D eigenvalue weighted by Gasteiger charge is -2.24. The predicted octanol–water partition coefficient (Wildman–Crippen LogP) is 3.10. The molecule has 1 aromatic heterocycles. The van der Waals surface area contributed by atoms with E-state index >= 15 is 0 Å². The van der Waals surface area contributed by atoms with Crippen molar-refractivity contribution in [2.24, 2.45) is 0 Å². The Hall–Kier alpha value is -1.65. The van der Waals surface area contributed by atoms with Gasteiger partial charge in [0.1, 0.15) is 0 Å². The van der Waals surface area contributed by atoms with Gasteiger partial charge >= 0.3 is 0 Å². The maximum absolute atomic E-state index is 12.0. The van der Waals surface area contributed by atoms with E-state index < -0.39 is 0 Å². The highest BCUT2D eigenvalue weighted by Gasteiger charge is 2.15. The molecule has 2 rings (SSSR count). The first-order chi connectivity index (χ1) is 10.2. The summed E-state index contributed by atoms with van der Waals surface area (Å²) < 4.78 is 0. The number of hydrogen-bond acceptors (Lipinski definition) is 3. The predicted molar refractivity (Wildman–Crippen MR) is 88.5 cm³/mol. The lowest BCUT2D eigenvalue weighted by Crippen LogP contribution is -2.34. The van der Waals surface area contributed by atoms with Crippen molar-refractivity contribution in [2.45, 2.75) is 18.9 Å². The molecule has 1 heterocycles. The average Bonchev–Trinajstić information content (AvgIpc) is 3.00. The Labute approximate surface area is 130 Å². The van der Waals surface area contributed by atoms with Crippen LogP contribution in [0.4, 0.5) is 0 Å². The van der Waals surface area contributed by atoms with Gasteiger partial charge in [-0.2, -0.15) is 11.3 Å². The maximum atomic E-state index is 12.0. The van der Waals surface area contributed by atoms with Gasteiger partial charge in [0.25, 0.3) is 0 Å². The zero-order valence-electron chi connectivity index (χ0n) is 12.6. The molecule has 0 radical (unpaired) electrons. The van der Waals surface area contributed by atoms with Crippen molar-refractivity contribution >= 4 is 17.2 Å². The third-order valence-corrected chi connectivity index (χ3v) is 4.23. The minimum Gasteiger partial charge on any atom is -0.354 e. The second-order valence-electron chi connectivity index (χ2n) is 5.33. The fraction of sp³-hybridized carbons (Fsp3) is 0.353. The topological polar surface area (TPSA) is 32.3 Å². The summed E-state index contributed by atoms with van der Waals surface area (Å²) >= 11 is 1.69. The van der Waals surface area contributed by atoms with E-state index in [2.05, 4.69) is 39.2 Å². The molecule has 2 aromatic rings. The molecule has 1 atom stereocenters. The molecule has 21 heavy (non-hydrogen) atoms. The lowest BCUT2D eigenvalue weighted by molar-refractivity contribution is -0.121. The fourth-order valence-electron chi connectivity index (χ4n) is 2.26. The monoisotopic (exact) mass is 302 g/mol. The molecule has 0 unspecified atom stereocenters. The first kappa shape index (κ1) is 15.7. The first-order valence-electron chi connectivity index (χ1n) is 7.16. The normalized spacial score (nSPS) is 12.3. The number of carbonyl (C=O) groups excluding carboxylic acids is 1. The van der Waals surface area contributed by atoms with Crippen molar-refractivity contribution in [1.29, 1.82) is 0 Å². The molecular formula is C17H22N2OS. The van der Waals surface area contributed by atoms with Crippen LogP contribution in [-0.4, -0.2) is 31.4 Å². The quantitative estimate of drug-likeness (QED) is 0.852. The number of aryl methyl sites for hydroxylation is 1. The molecule has 0 fully saturated rings. The molecular weight excluding hydrogens is 280 g/mol. The molecule has 0 aliphatic rings. The van der Waals surface area contributed by atoms with Gasteiger partial charge < -0.3 is 10.2 Å². The summed E-state index contributed by atoms with van der Waals surface area (Å²) in [6, 6.07) is 12.5. The Bertz CT molecular complexity index is 537. The van der Waals surface area contributed by atoms with Crippen LogP contribution in [0, 0.1) is 0 Å². The SMILES string of the molecule is CN(C)[C@H](CNC(=O)CCc1ccccc1)c1ccsc1. The van der Waals surface area contributed by atoms with E-state index in [1.165, 1.54) is 11.1 Å². The smallest absolute Gasteiger partial charge is 0.220 e. The molecule has 0 spiro atoms. The van der Waals surface area contributed by atoms with Crippen LogP contribution in [0.2, 0.25) is 0 Å². The van der Waals surface area contributed by atoms with Crippen LogP contribution in [0.5, 0.6) is 0 Å². The molecule has 0 bridgehead atoms. The largest absolute Gasteiger partial charge is 0.354 e. The highest BCUT2D eigenvalue weighted by molar-refractivity contribution is 7.07. The van der Waals surface area contributed by atoms with Gasteiger partial charge in [-0.1, -0.05) is 30.3 Å². The molecule has 0 aliphatic carbocycles. The zero-order chi connectivity index (χ0) is 15.1. The van der Waals surface area contributed by atoms with Crippen molar-refractivity contribution in [1.82, 2.24) is 10.2 Å². The van der Waals surface area contributed by atoms with E-state index in [1.807, 2.05) is 32.3 Å². The van der Waals surface area contributed by atoms with Gasteiger partial charge in [0.2, 0.25) is 5.91 Å². The average molecular weight is 302 g/mol. The van der Waals surface area contributed by atoms with E-state index in [4.69, 9.17) is 0 Å². The highest BCUT2D eigenvalue weighted by atomic mass is 32.1. The summed E-state index contributed by atoms with van der Waals surface area (Å²) in [5, 5.41) is 7.26. The van der Waals surface area contributed by atoms with Gasteiger partial charge in [0.05, 0.1) is 6.04 Å². The summed E-state index contributed by atoms with van der Waals surface area (Å²) in [6.07, 6.45) is 1.32. The van der Waals surface area contributed by atoms with Gasteiger partial charge in [-0.15, -0.1) is 0 Å². The Morgan fingerprint density at radius 2 is 2.00 bits per heavy atom. The van der Waals surface area contributed by atoms with Gasteiger partial charge in [-0.25, -0.2) is 0 Å². The third kappa shape index (κ3) is 4.99. The Kier molecular flexibility index (Phi) is 5.96. The third-order valence-electron chi connectivity index (χ3n) is 3.53. The van der Waals surface area contributed by atoms with Crippen LogP contribution in [-0.2, 0) is 11.2 Å². The number of amides is 1. The van der Waals surface area contributed by atoms with Gasteiger partial charge in [0.15, 0.2) is 0 Å². The molecule has 1 N–H and O–H groups in total. The van der Waals surface area contributed by atoms with E-state index in [-0.39, 0.29) is 11.9 Å².